The molecule has 1 saturated carbocycles. The summed E-state index contributed by atoms with van der Waals surface area (Å²) in [5.74, 6) is 0.416. The van der Waals surface area contributed by atoms with E-state index in [4.69, 9.17) is 0 Å². The van der Waals surface area contributed by atoms with Gasteiger partial charge in [0.1, 0.15) is 0 Å². The molecular weight excluding hydrogens is 278 g/mol. The molecule has 2 aliphatic rings. The first-order chi connectivity index (χ1) is 9.57. The standard InChI is InChI=1S/C13H25N3O3S/c17-13(12-5-2-6-14-10-12)15-7-8-20(18,19)16-9-11-3-1-4-11/h11-12,14,16H,1-10H2,(H,15,17). The van der Waals surface area contributed by atoms with Gasteiger partial charge < -0.3 is 10.6 Å². The largest absolute Gasteiger partial charge is 0.355 e. The first-order valence-electron chi connectivity index (χ1n) is 7.52. The third-order valence-corrected chi connectivity index (χ3v) is 5.50. The van der Waals surface area contributed by atoms with E-state index >= 15 is 0 Å². The summed E-state index contributed by atoms with van der Waals surface area (Å²) >= 11 is 0. The minimum Gasteiger partial charge on any atom is -0.355 e. The molecule has 2 rings (SSSR count). The van der Waals surface area contributed by atoms with E-state index in [1.165, 1.54) is 6.42 Å². The number of carbonyl (C=O) groups excluding carboxylic acids is 1. The zero-order valence-electron chi connectivity index (χ0n) is 11.9. The summed E-state index contributed by atoms with van der Waals surface area (Å²) in [6.45, 7) is 2.39. The molecule has 3 N–H and O–H groups in total. The van der Waals surface area contributed by atoms with Crippen LogP contribution in [0.3, 0.4) is 0 Å². The van der Waals surface area contributed by atoms with Crippen molar-refractivity contribution >= 4 is 15.9 Å². The molecule has 2 fully saturated rings. The summed E-state index contributed by atoms with van der Waals surface area (Å²) in [6, 6.07) is 0. The van der Waals surface area contributed by atoms with Crippen LogP contribution in [0.4, 0.5) is 0 Å². The maximum absolute atomic E-state index is 11.8. The van der Waals surface area contributed by atoms with E-state index in [9.17, 15) is 13.2 Å². The van der Waals surface area contributed by atoms with Gasteiger partial charge in [0.05, 0.1) is 11.7 Å². The van der Waals surface area contributed by atoms with Crippen molar-refractivity contribution in [3.63, 3.8) is 0 Å². The van der Waals surface area contributed by atoms with Crippen LogP contribution in [0.5, 0.6) is 0 Å². The summed E-state index contributed by atoms with van der Waals surface area (Å²) in [7, 11) is -3.26. The second kappa shape index (κ2) is 7.38. The Morgan fingerprint density at radius 1 is 1.20 bits per heavy atom. The number of sulfonamides is 1. The van der Waals surface area contributed by atoms with Crippen LogP contribution in [0.2, 0.25) is 0 Å². The number of nitrogens with one attached hydrogen (secondary N) is 3. The van der Waals surface area contributed by atoms with Gasteiger partial charge in [-0.2, -0.15) is 0 Å². The van der Waals surface area contributed by atoms with Crippen molar-refractivity contribution in [2.75, 3.05) is 31.9 Å². The Morgan fingerprint density at radius 3 is 2.60 bits per heavy atom. The van der Waals surface area contributed by atoms with Crippen LogP contribution in [0.15, 0.2) is 0 Å². The molecule has 116 valence electrons. The van der Waals surface area contributed by atoms with E-state index in [1.54, 1.807) is 0 Å². The minimum atomic E-state index is -3.26. The molecular formula is C13H25N3O3S. The zero-order chi connectivity index (χ0) is 14.4. The van der Waals surface area contributed by atoms with Gasteiger partial charge >= 0.3 is 0 Å². The second-order valence-corrected chi connectivity index (χ2v) is 7.72. The van der Waals surface area contributed by atoms with Crippen LogP contribution in [0.25, 0.3) is 0 Å². The van der Waals surface area contributed by atoms with Crippen LogP contribution in [-0.2, 0) is 14.8 Å². The Kier molecular flexibility index (Phi) is 5.80. The Labute approximate surface area is 121 Å². The van der Waals surface area contributed by atoms with Crippen LogP contribution in [0.1, 0.15) is 32.1 Å². The smallest absolute Gasteiger partial charge is 0.224 e. The lowest BCUT2D eigenvalue weighted by Gasteiger charge is -2.25. The Bertz CT molecular complexity index is 415. The highest BCUT2D eigenvalue weighted by molar-refractivity contribution is 7.89. The normalized spacial score (nSPS) is 24.1. The van der Waals surface area contributed by atoms with E-state index in [1.807, 2.05) is 0 Å². The molecule has 1 atom stereocenters. The fourth-order valence-electron chi connectivity index (χ4n) is 2.54. The molecule has 7 heteroatoms. The molecule has 0 bridgehead atoms. The molecule has 0 aromatic carbocycles. The maximum Gasteiger partial charge on any atom is 0.224 e. The van der Waals surface area contributed by atoms with Crippen LogP contribution in [-0.4, -0.2) is 46.3 Å². The van der Waals surface area contributed by atoms with Crippen molar-refractivity contribution < 1.29 is 13.2 Å². The Morgan fingerprint density at radius 2 is 2.00 bits per heavy atom. The van der Waals surface area contributed by atoms with Gasteiger partial charge in [-0.1, -0.05) is 6.42 Å². The van der Waals surface area contributed by atoms with Crippen molar-refractivity contribution in [3.8, 4) is 0 Å². The van der Waals surface area contributed by atoms with E-state index < -0.39 is 10.0 Å². The van der Waals surface area contributed by atoms with Crippen molar-refractivity contribution in [2.24, 2.45) is 11.8 Å². The zero-order valence-corrected chi connectivity index (χ0v) is 12.7. The van der Waals surface area contributed by atoms with Crippen molar-refractivity contribution in [1.82, 2.24) is 15.4 Å². The summed E-state index contributed by atoms with van der Waals surface area (Å²) in [5.41, 5.74) is 0. The summed E-state index contributed by atoms with van der Waals surface area (Å²) < 4.78 is 26.1. The number of carbonyl (C=O) groups is 1. The summed E-state index contributed by atoms with van der Waals surface area (Å²) in [5, 5.41) is 5.90. The molecule has 1 aliphatic heterocycles. The lowest BCUT2D eigenvalue weighted by atomic mass is 9.86. The fourth-order valence-corrected chi connectivity index (χ4v) is 3.55. The predicted molar refractivity (Wildman–Crippen MR) is 77.7 cm³/mol. The molecule has 0 spiro atoms. The van der Waals surface area contributed by atoms with Gasteiger partial charge in [-0.15, -0.1) is 0 Å². The maximum atomic E-state index is 11.8. The van der Waals surface area contributed by atoms with Crippen molar-refractivity contribution in [3.05, 3.63) is 0 Å². The van der Waals surface area contributed by atoms with Gasteiger partial charge in [0, 0.05) is 19.6 Å². The summed E-state index contributed by atoms with van der Waals surface area (Å²) in [4.78, 5) is 11.8. The quantitative estimate of drug-likeness (QED) is 0.609. The Hall–Kier alpha value is -0.660. The fraction of sp³-hybridized carbons (Fsp3) is 0.923. The van der Waals surface area contributed by atoms with E-state index in [2.05, 4.69) is 15.4 Å². The third kappa shape index (κ3) is 5.03. The number of hydrogen-bond donors (Lipinski definition) is 3. The third-order valence-electron chi connectivity index (χ3n) is 4.15. The van der Waals surface area contributed by atoms with Crippen LogP contribution >= 0.6 is 0 Å². The topological polar surface area (TPSA) is 87.3 Å². The van der Waals surface area contributed by atoms with Gasteiger partial charge in [-0.25, -0.2) is 13.1 Å². The average molecular weight is 303 g/mol. The van der Waals surface area contributed by atoms with E-state index in [-0.39, 0.29) is 24.1 Å². The number of amides is 1. The van der Waals surface area contributed by atoms with Crippen molar-refractivity contribution in [1.29, 1.82) is 0 Å². The molecule has 20 heavy (non-hydrogen) atoms. The molecule has 0 aromatic rings. The van der Waals surface area contributed by atoms with Gasteiger partial charge in [-0.05, 0) is 38.1 Å². The number of rotatable bonds is 7. The highest BCUT2D eigenvalue weighted by Crippen LogP contribution is 2.25. The molecule has 1 unspecified atom stereocenters. The Balaban J connectivity index is 1.61. The lowest BCUT2D eigenvalue weighted by molar-refractivity contribution is -0.125. The van der Waals surface area contributed by atoms with Crippen molar-refractivity contribution in [2.45, 2.75) is 32.1 Å². The minimum absolute atomic E-state index is 0.0191. The number of piperidine rings is 1. The van der Waals surface area contributed by atoms with Gasteiger partial charge in [-0.3, -0.25) is 4.79 Å². The van der Waals surface area contributed by atoms with Crippen LogP contribution < -0.4 is 15.4 Å². The molecule has 1 heterocycles. The van der Waals surface area contributed by atoms with E-state index in [0.29, 0.717) is 19.0 Å². The molecule has 1 aliphatic carbocycles. The van der Waals surface area contributed by atoms with Gasteiger partial charge in [0.25, 0.3) is 0 Å². The molecule has 6 nitrogen and oxygen atoms in total. The molecule has 1 amide bonds. The van der Waals surface area contributed by atoms with Crippen LogP contribution in [0, 0.1) is 11.8 Å². The SMILES string of the molecule is O=C(NCCS(=O)(=O)NCC1CCC1)C1CCCNC1. The predicted octanol–water partition coefficient (Wildman–Crippen LogP) is -0.178. The summed E-state index contributed by atoms with van der Waals surface area (Å²) in [6.07, 6.45) is 5.32. The highest BCUT2D eigenvalue weighted by atomic mass is 32.2. The van der Waals surface area contributed by atoms with Gasteiger partial charge in [0.2, 0.25) is 15.9 Å². The molecule has 0 aromatic heterocycles. The highest BCUT2D eigenvalue weighted by Gasteiger charge is 2.22. The average Bonchev–Trinajstić information content (AvgIpc) is 2.37. The first kappa shape index (κ1) is 15.7. The molecule has 0 radical (unpaired) electrons. The second-order valence-electron chi connectivity index (χ2n) is 5.80. The van der Waals surface area contributed by atoms with E-state index in [0.717, 1.165) is 32.2 Å². The monoisotopic (exact) mass is 303 g/mol. The lowest BCUT2D eigenvalue weighted by Crippen LogP contribution is -2.43. The first-order valence-corrected chi connectivity index (χ1v) is 9.18. The molecule has 1 saturated heterocycles. The number of hydrogen-bond acceptors (Lipinski definition) is 4. The van der Waals surface area contributed by atoms with Gasteiger partial charge in [0.15, 0.2) is 0 Å².